The second-order valence-electron chi connectivity index (χ2n) is 7.62. The molecule has 2 aromatic carbocycles. The fraction of sp³-hybridized carbons (Fsp3) is 0.417. The van der Waals surface area contributed by atoms with Crippen LogP contribution in [0.15, 0.2) is 54.6 Å². The first-order valence-corrected chi connectivity index (χ1v) is 10.3. The Labute approximate surface area is 179 Å². The lowest BCUT2D eigenvalue weighted by Crippen LogP contribution is -2.49. The Balaban J connectivity index is 2.08. The molecule has 0 aliphatic heterocycles. The summed E-state index contributed by atoms with van der Waals surface area (Å²) in [6, 6.07) is 16.0. The molecule has 0 bridgehead atoms. The largest absolute Gasteiger partial charge is 0.497 e. The third-order valence-electron chi connectivity index (χ3n) is 4.81. The molecule has 30 heavy (non-hydrogen) atoms. The number of ether oxygens (including phenoxy) is 2. The zero-order chi connectivity index (χ0) is 21.9. The number of hydrogen-bond acceptors (Lipinski definition) is 4. The molecule has 0 aliphatic carbocycles. The van der Waals surface area contributed by atoms with E-state index in [0.717, 1.165) is 17.7 Å². The first kappa shape index (κ1) is 23.3. The number of methoxy groups -OCH3 is 1. The highest BCUT2D eigenvalue weighted by Crippen LogP contribution is 2.16. The Bertz CT molecular complexity index is 791. The minimum absolute atomic E-state index is 0.135. The predicted octanol–water partition coefficient (Wildman–Crippen LogP) is 3.65. The average Bonchev–Trinajstić information content (AvgIpc) is 2.76. The van der Waals surface area contributed by atoms with Crippen LogP contribution in [0.1, 0.15) is 32.8 Å². The van der Waals surface area contributed by atoms with Crippen LogP contribution in [0.3, 0.4) is 0 Å². The number of hydrogen-bond donors (Lipinski definition) is 1. The number of carbonyl (C=O) groups is 2. The van der Waals surface area contributed by atoms with E-state index in [1.165, 1.54) is 0 Å². The van der Waals surface area contributed by atoms with E-state index in [4.69, 9.17) is 9.47 Å². The lowest BCUT2D eigenvalue weighted by Gasteiger charge is -2.29. The Morgan fingerprint density at radius 1 is 0.967 bits per heavy atom. The third kappa shape index (κ3) is 7.43. The lowest BCUT2D eigenvalue weighted by atomic mass is 10.1. The molecule has 0 aliphatic rings. The first-order chi connectivity index (χ1) is 14.4. The van der Waals surface area contributed by atoms with E-state index < -0.39 is 6.04 Å². The monoisotopic (exact) mass is 412 g/mol. The molecule has 1 N–H and O–H groups in total. The van der Waals surface area contributed by atoms with Gasteiger partial charge in [0.2, 0.25) is 5.91 Å². The van der Waals surface area contributed by atoms with Crippen LogP contribution in [0.25, 0.3) is 0 Å². The Hall–Kier alpha value is -3.02. The molecule has 0 radical (unpaired) electrons. The highest BCUT2D eigenvalue weighted by Gasteiger charge is 2.26. The van der Waals surface area contributed by atoms with Gasteiger partial charge in [-0.25, -0.2) is 0 Å². The van der Waals surface area contributed by atoms with Gasteiger partial charge in [-0.15, -0.1) is 0 Å². The molecule has 2 rings (SSSR count). The number of nitrogens with one attached hydrogen (secondary N) is 1. The summed E-state index contributed by atoms with van der Waals surface area (Å²) in [7, 11) is 1.61. The molecular weight excluding hydrogens is 380 g/mol. The molecule has 6 nitrogen and oxygen atoms in total. The zero-order valence-corrected chi connectivity index (χ0v) is 18.3. The maximum Gasteiger partial charge on any atom is 0.261 e. The fourth-order valence-electron chi connectivity index (χ4n) is 2.89. The molecule has 0 heterocycles. The molecule has 0 fully saturated rings. The summed E-state index contributed by atoms with van der Waals surface area (Å²) in [5.74, 6) is 1.43. The average molecular weight is 413 g/mol. The maximum absolute atomic E-state index is 13.0. The van der Waals surface area contributed by atoms with Crippen molar-refractivity contribution in [2.45, 2.75) is 39.8 Å². The summed E-state index contributed by atoms with van der Waals surface area (Å²) in [4.78, 5) is 27.2. The SMILES string of the molecule is COc1ccc(CN(C(=O)COc2ccccc2)[C@H](C)C(=O)NCCC(C)C)cc1. The van der Waals surface area contributed by atoms with Crippen molar-refractivity contribution in [1.29, 1.82) is 0 Å². The number of rotatable bonds is 11. The van der Waals surface area contributed by atoms with Gasteiger partial charge in [-0.3, -0.25) is 9.59 Å². The van der Waals surface area contributed by atoms with E-state index in [-0.39, 0.29) is 18.4 Å². The van der Waals surface area contributed by atoms with E-state index >= 15 is 0 Å². The summed E-state index contributed by atoms with van der Waals surface area (Å²) in [5.41, 5.74) is 0.908. The van der Waals surface area contributed by atoms with Crippen molar-refractivity contribution in [3.05, 3.63) is 60.2 Å². The molecule has 162 valence electrons. The van der Waals surface area contributed by atoms with Crippen molar-refractivity contribution in [1.82, 2.24) is 10.2 Å². The molecule has 0 saturated carbocycles. The number of carbonyl (C=O) groups excluding carboxylic acids is 2. The number of para-hydroxylation sites is 1. The van der Waals surface area contributed by atoms with Crippen LogP contribution in [0.4, 0.5) is 0 Å². The second-order valence-corrected chi connectivity index (χ2v) is 7.62. The molecular formula is C24H32N2O4. The van der Waals surface area contributed by atoms with Crippen molar-refractivity contribution < 1.29 is 19.1 Å². The van der Waals surface area contributed by atoms with Gasteiger partial charge in [0.15, 0.2) is 6.61 Å². The van der Waals surface area contributed by atoms with Gasteiger partial charge >= 0.3 is 0 Å². The third-order valence-corrected chi connectivity index (χ3v) is 4.81. The summed E-state index contributed by atoms with van der Waals surface area (Å²) in [6.07, 6.45) is 0.891. The fourth-order valence-corrected chi connectivity index (χ4v) is 2.89. The van der Waals surface area contributed by atoms with Crippen LogP contribution < -0.4 is 14.8 Å². The van der Waals surface area contributed by atoms with Gasteiger partial charge in [0, 0.05) is 13.1 Å². The van der Waals surface area contributed by atoms with Gasteiger partial charge in [-0.1, -0.05) is 44.2 Å². The summed E-state index contributed by atoms with van der Waals surface area (Å²) in [6.45, 7) is 6.72. The van der Waals surface area contributed by atoms with Crippen molar-refractivity contribution in [2.75, 3.05) is 20.3 Å². The van der Waals surface area contributed by atoms with Gasteiger partial charge in [0.25, 0.3) is 5.91 Å². The normalized spacial score (nSPS) is 11.6. The molecule has 6 heteroatoms. The molecule has 0 aromatic heterocycles. The van der Waals surface area contributed by atoms with E-state index in [1.54, 1.807) is 31.1 Å². The molecule has 2 aromatic rings. The number of nitrogens with zero attached hydrogens (tertiary/aromatic N) is 1. The lowest BCUT2D eigenvalue weighted by molar-refractivity contribution is -0.142. The predicted molar refractivity (Wildman–Crippen MR) is 117 cm³/mol. The maximum atomic E-state index is 13.0. The van der Waals surface area contributed by atoms with Gasteiger partial charge in [-0.05, 0) is 49.1 Å². The van der Waals surface area contributed by atoms with Gasteiger partial charge in [0.1, 0.15) is 17.5 Å². The zero-order valence-electron chi connectivity index (χ0n) is 18.3. The summed E-state index contributed by atoms with van der Waals surface area (Å²) in [5, 5.41) is 2.93. The molecule has 0 saturated heterocycles. The Morgan fingerprint density at radius 3 is 2.23 bits per heavy atom. The van der Waals surface area contributed by atoms with E-state index in [9.17, 15) is 9.59 Å². The van der Waals surface area contributed by atoms with Crippen LogP contribution in [0, 0.1) is 5.92 Å². The summed E-state index contributed by atoms with van der Waals surface area (Å²) < 4.78 is 10.8. The van der Waals surface area contributed by atoms with E-state index in [1.807, 2.05) is 42.5 Å². The number of benzene rings is 2. The van der Waals surface area contributed by atoms with E-state index in [2.05, 4.69) is 19.2 Å². The minimum atomic E-state index is -0.619. The van der Waals surface area contributed by atoms with Crippen molar-refractivity contribution >= 4 is 11.8 Å². The van der Waals surface area contributed by atoms with E-state index in [0.29, 0.717) is 24.8 Å². The quantitative estimate of drug-likeness (QED) is 0.612. The topological polar surface area (TPSA) is 67.9 Å². The highest BCUT2D eigenvalue weighted by atomic mass is 16.5. The Kier molecular flexibility index (Phi) is 9.19. The summed E-state index contributed by atoms with van der Waals surface area (Å²) >= 11 is 0. The molecule has 1 atom stereocenters. The molecule has 0 spiro atoms. The second kappa shape index (κ2) is 11.9. The van der Waals surface area contributed by atoms with Crippen LogP contribution in [-0.4, -0.2) is 43.0 Å². The highest BCUT2D eigenvalue weighted by molar-refractivity contribution is 5.87. The first-order valence-electron chi connectivity index (χ1n) is 10.3. The standard InChI is InChI=1S/C24H32N2O4/c1-18(2)14-15-25-24(28)19(3)26(16-20-10-12-21(29-4)13-11-20)23(27)17-30-22-8-6-5-7-9-22/h5-13,18-19H,14-17H2,1-4H3,(H,25,28)/t19-/m1/s1. The Morgan fingerprint density at radius 2 is 1.63 bits per heavy atom. The molecule has 2 amide bonds. The van der Waals surface area contributed by atoms with Crippen LogP contribution >= 0.6 is 0 Å². The minimum Gasteiger partial charge on any atom is -0.497 e. The molecule has 0 unspecified atom stereocenters. The van der Waals surface area contributed by atoms with Crippen LogP contribution in [0.5, 0.6) is 11.5 Å². The van der Waals surface area contributed by atoms with Gasteiger partial charge in [-0.2, -0.15) is 0 Å². The van der Waals surface area contributed by atoms with Gasteiger partial charge < -0.3 is 19.7 Å². The van der Waals surface area contributed by atoms with Gasteiger partial charge in [0.05, 0.1) is 7.11 Å². The smallest absolute Gasteiger partial charge is 0.261 e. The van der Waals surface area contributed by atoms with Crippen molar-refractivity contribution in [3.8, 4) is 11.5 Å². The number of amides is 2. The van der Waals surface area contributed by atoms with Crippen LogP contribution in [0.2, 0.25) is 0 Å². The van der Waals surface area contributed by atoms with Crippen molar-refractivity contribution in [3.63, 3.8) is 0 Å². The van der Waals surface area contributed by atoms with Crippen LogP contribution in [-0.2, 0) is 16.1 Å². The van der Waals surface area contributed by atoms with Crippen molar-refractivity contribution in [2.24, 2.45) is 5.92 Å².